The molecule has 2 nitrogen and oxygen atoms in total. The van der Waals surface area contributed by atoms with E-state index in [-0.39, 0.29) is 6.10 Å². The molecule has 0 spiro atoms. The molecule has 4 heteroatoms. The molecule has 0 aliphatic heterocycles. The average molecular weight is 302 g/mol. The summed E-state index contributed by atoms with van der Waals surface area (Å²) in [6, 6.07) is 4.34. The second kappa shape index (κ2) is 6.83. The molecular formula is C15H21Cl2NO. The van der Waals surface area contributed by atoms with E-state index in [1.165, 1.54) is 12.8 Å². The van der Waals surface area contributed by atoms with Crippen LogP contribution in [0.1, 0.15) is 45.1 Å². The lowest BCUT2D eigenvalue weighted by Gasteiger charge is -2.19. The van der Waals surface area contributed by atoms with Crippen molar-refractivity contribution >= 4 is 23.2 Å². The molecule has 1 N–H and O–H groups in total. The van der Waals surface area contributed by atoms with Crippen LogP contribution in [0.3, 0.4) is 0 Å². The Bertz CT molecular complexity index is 432. The highest BCUT2D eigenvalue weighted by molar-refractivity contribution is 6.35. The second-order valence-electron chi connectivity index (χ2n) is 5.25. The fraction of sp³-hybridized carbons (Fsp3) is 0.600. The van der Waals surface area contributed by atoms with Crippen LogP contribution in [0.5, 0.6) is 5.75 Å². The number of nitrogens with one attached hydrogen (secondary N) is 1. The summed E-state index contributed by atoms with van der Waals surface area (Å²) < 4.78 is 5.99. The topological polar surface area (TPSA) is 21.3 Å². The monoisotopic (exact) mass is 301 g/mol. The van der Waals surface area contributed by atoms with Gasteiger partial charge in [-0.1, -0.05) is 36.5 Å². The highest BCUT2D eigenvalue weighted by Crippen LogP contribution is 2.34. The molecule has 0 heterocycles. The quantitative estimate of drug-likeness (QED) is 0.780. The molecule has 19 heavy (non-hydrogen) atoms. The van der Waals surface area contributed by atoms with E-state index in [2.05, 4.69) is 19.2 Å². The Kier molecular flexibility index (Phi) is 5.37. The largest absolute Gasteiger partial charge is 0.489 e. The molecule has 1 fully saturated rings. The van der Waals surface area contributed by atoms with Gasteiger partial charge < -0.3 is 10.1 Å². The normalized spacial score (nSPS) is 16.4. The molecule has 1 aliphatic rings. The average Bonchev–Trinajstić information content (AvgIpc) is 3.14. The fourth-order valence-electron chi connectivity index (χ4n) is 2.09. The Morgan fingerprint density at radius 1 is 1.37 bits per heavy atom. The van der Waals surface area contributed by atoms with Gasteiger partial charge in [0.2, 0.25) is 0 Å². The lowest BCUT2D eigenvalue weighted by molar-refractivity contribution is 0.207. The Labute approximate surface area is 125 Å². The minimum atomic E-state index is 0.170. The molecule has 1 aromatic rings. The van der Waals surface area contributed by atoms with Crippen molar-refractivity contribution in [3.8, 4) is 5.75 Å². The molecule has 1 aliphatic carbocycles. The van der Waals surface area contributed by atoms with Gasteiger partial charge in [-0.3, -0.25) is 0 Å². The number of hydrogen-bond acceptors (Lipinski definition) is 2. The van der Waals surface area contributed by atoms with Gasteiger partial charge in [0, 0.05) is 23.2 Å². The highest BCUT2D eigenvalue weighted by Gasteiger charge is 2.21. The van der Waals surface area contributed by atoms with Crippen LogP contribution in [0.4, 0.5) is 0 Å². The summed E-state index contributed by atoms with van der Waals surface area (Å²) in [6.07, 6.45) is 4.81. The molecule has 1 unspecified atom stereocenters. The van der Waals surface area contributed by atoms with E-state index >= 15 is 0 Å². The first kappa shape index (κ1) is 15.0. The maximum atomic E-state index is 6.27. The van der Waals surface area contributed by atoms with Crippen LogP contribution in [0.25, 0.3) is 0 Å². The third kappa shape index (κ3) is 4.55. The SMILES string of the molecule is CCCC(C)Oc1c(Cl)cc(Cl)cc1CNC1CC1. The zero-order valence-electron chi connectivity index (χ0n) is 11.5. The first-order valence-electron chi connectivity index (χ1n) is 6.98. The van der Waals surface area contributed by atoms with E-state index in [9.17, 15) is 0 Å². The van der Waals surface area contributed by atoms with Crippen molar-refractivity contribution in [1.29, 1.82) is 0 Å². The van der Waals surface area contributed by atoms with Crippen molar-refractivity contribution in [3.05, 3.63) is 27.7 Å². The third-order valence-corrected chi connectivity index (χ3v) is 3.76. The number of rotatable bonds is 7. The van der Waals surface area contributed by atoms with Crippen molar-refractivity contribution in [2.75, 3.05) is 0 Å². The summed E-state index contributed by atoms with van der Waals surface area (Å²) in [7, 11) is 0. The molecule has 0 radical (unpaired) electrons. The minimum absolute atomic E-state index is 0.170. The van der Waals surface area contributed by atoms with Crippen molar-refractivity contribution in [1.82, 2.24) is 5.32 Å². The second-order valence-corrected chi connectivity index (χ2v) is 6.09. The van der Waals surface area contributed by atoms with E-state index in [1.807, 2.05) is 6.07 Å². The van der Waals surface area contributed by atoms with E-state index in [1.54, 1.807) is 6.07 Å². The maximum Gasteiger partial charge on any atom is 0.142 e. The first-order chi connectivity index (χ1) is 9.10. The van der Waals surface area contributed by atoms with E-state index in [0.29, 0.717) is 16.1 Å². The van der Waals surface area contributed by atoms with Crippen LogP contribution < -0.4 is 10.1 Å². The van der Waals surface area contributed by atoms with Gasteiger partial charge in [0.1, 0.15) is 5.75 Å². The molecule has 1 atom stereocenters. The highest BCUT2D eigenvalue weighted by atomic mass is 35.5. The van der Waals surface area contributed by atoms with Crippen molar-refractivity contribution in [2.45, 2.75) is 58.2 Å². The van der Waals surface area contributed by atoms with Gasteiger partial charge in [-0.15, -0.1) is 0 Å². The summed E-state index contributed by atoms with van der Waals surface area (Å²) in [4.78, 5) is 0. The molecular weight excluding hydrogens is 281 g/mol. The van der Waals surface area contributed by atoms with Gasteiger partial charge in [0.25, 0.3) is 0 Å². The van der Waals surface area contributed by atoms with Crippen LogP contribution in [0, 0.1) is 0 Å². The van der Waals surface area contributed by atoms with Gasteiger partial charge >= 0.3 is 0 Å². The van der Waals surface area contributed by atoms with Crippen LogP contribution >= 0.6 is 23.2 Å². The van der Waals surface area contributed by atoms with E-state index in [0.717, 1.165) is 30.7 Å². The molecule has 0 amide bonds. The summed E-state index contributed by atoms with van der Waals surface area (Å²) in [5.74, 6) is 0.778. The van der Waals surface area contributed by atoms with Gasteiger partial charge in [-0.25, -0.2) is 0 Å². The Morgan fingerprint density at radius 2 is 2.11 bits per heavy atom. The van der Waals surface area contributed by atoms with Crippen LogP contribution in [-0.4, -0.2) is 12.1 Å². The Hall–Kier alpha value is -0.440. The summed E-state index contributed by atoms with van der Waals surface area (Å²) in [6.45, 7) is 4.99. The smallest absolute Gasteiger partial charge is 0.142 e. The number of benzene rings is 1. The standard InChI is InChI=1S/C15H21Cl2NO/c1-3-4-10(2)19-15-11(9-18-13-5-6-13)7-12(16)8-14(15)17/h7-8,10,13,18H,3-6,9H2,1-2H3. The Balaban J connectivity index is 2.12. The molecule has 0 saturated heterocycles. The lowest BCUT2D eigenvalue weighted by Crippen LogP contribution is -2.18. The Morgan fingerprint density at radius 3 is 2.74 bits per heavy atom. The summed E-state index contributed by atoms with van der Waals surface area (Å²) in [5.41, 5.74) is 1.05. The number of hydrogen-bond donors (Lipinski definition) is 1. The lowest BCUT2D eigenvalue weighted by atomic mass is 10.1. The molecule has 106 valence electrons. The molecule has 0 bridgehead atoms. The van der Waals surface area contributed by atoms with Crippen molar-refractivity contribution < 1.29 is 4.74 Å². The summed E-state index contributed by atoms with van der Waals surface area (Å²) in [5, 5.41) is 4.74. The van der Waals surface area contributed by atoms with Gasteiger partial charge in [-0.05, 0) is 38.3 Å². The summed E-state index contributed by atoms with van der Waals surface area (Å²) >= 11 is 12.4. The molecule has 1 aromatic carbocycles. The third-order valence-electron chi connectivity index (χ3n) is 3.26. The van der Waals surface area contributed by atoms with Crippen LogP contribution in [0.2, 0.25) is 10.0 Å². The zero-order valence-corrected chi connectivity index (χ0v) is 13.0. The first-order valence-corrected chi connectivity index (χ1v) is 7.73. The van der Waals surface area contributed by atoms with Gasteiger partial charge in [0.05, 0.1) is 11.1 Å². The molecule has 2 rings (SSSR count). The minimum Gasteiger partial charge on any atom is -0.489 e. The van der Waals surface area contributed by atoms with Gasteiger partial charge in [0.15, 0.2) is 0 Å². The van der Waals surface area contributed by atoms with Crippen molar-refractivity contribution in [2.24, 2.45) is 0 Å². The van der Waals surface area contributed by atoms with E-state index in [4.69, 9.17) is 27.9 Å². The molecule has 0 aromatic heterocycles. The van der Waals surface area contributed by atoms with E-state index < -0.39 is 0 Å². The predicted octanol–water partition coefficient (Wildman–Crippen LogP) is 4.81. The van der Waals surface area contributed by atoms with Gasteiger partial charge in [-0.2, -0.15) is 0 Å². The van der Waals surface area contributed by atoms with Crippen LogP contribution in [0.15, 0.2) is 12.1 Å². The van der Waals surface area contributed by atoms with Crippen molar-refractivity contribution in [3.63, 3.8) is 0 Å². The molecule has 1 saturated carbocycles. The fourth-order valence-corrected chi connectivity index (χ4v) is 2.67. The zero-order chi connectivity index (χ0) is 13.8. The number of ether oxygens (including phenoxy) is 1. The maximum absolute atomic E-state index is 6.27. The number of halogens is 2. The predicted molar refractivity (Wildman–Crippen MR) is 81.3 cm³/mol. The van der Waals surface area contributed by atoms with Crippen LogP contribution in [-0.2, 0) is 6.54 Å².